The highest BCUT2D eigenvalue weighted by Crippen LogP contribution is 2.31. The van der Waals surface area contributed by atoms with Gasteiger partial charge in [-0.05, 0) is 25.0 Å². The van der Waals surface area contributed by atoms with Crippen LogP contribution in [0.25, 0.3) is 11.5 Å². The van der Waals surface area contributed by atoms with E-state index in [9.17, 15) is 9.90 Å². The van der Waals surface area contributed by atoms with Gasteiger partial charge in [0, 0.05) is 6.20 Å². The smallest absolute Gasteiger partial charge is 0.339 e. The van der Waals surface area contributed by atoms with E-state index in [0.717, 1.165) is 12.8 Å². The first-order valence-electron chi connectivity index (χ1n) is 6.12. The third-order valence-corrected chi connectivity index (χ3v) is 3.42. The van der Waals surface area contributed by atoms with Crippen LogP contribution in [0.2, 0.25) is 0 Å². The Labute approximate surface area is 104 Å². The fraction of sp³-hybridized carbons (Fsp3) is 0.385. The van der Waals surface area contributed by atoms with Crippen LogP contribution in [0.5, 0.6) is 0 Å². The minimum absolute atomic E-state index is 0.205. The maximum atomic E-state index is 11.3. The average molecular weight is 246 g/mol. The molecule has 2 heterocycles. The van der Waals surface area contributed by atoms with Gasteiger partial charge >= 0.3 is 5.97 Å². The van der Waals surface area contributed by atoms with Crippen LogP contribution < -0.4 is 0 Å². The second kappa shape index (κ2) is 4.33. The maximum Gasteiger partial charge on any atom is 0.339 e. The summed E-state index contributed by atoms with van der Waals surface area (Å²) in [6.45, 7) is 0. The van der Waals surface area contributed by atoms with Crippen LogP contribution in [0.1, 0.15) is 42.1 Å². The molecule has 1 fully saturated rings. The van der Waals surface area contributed by atoms with Gasteiger partial charge in [-0.2, -0.15) is 5.10 Å². The van der Waals surface area contributed by atoms with Crippen molar-refractivity contribution in [1.82, 2.24) is 9.78 Å². The van der Waals surface area contributed by atoms with E-state index in [-0.39, 0.29) is 5.56 Å². The van der Waals surface area contributed by atoms with E-state index in [1.54, 1.807) is 23.0 Å². The van der Waals surface area contributed by atoms with Crippen molar-refractivity contribution in [3.63, 3.8) is 0 Å². The molecule has 0 saturated heterocycles. The molecule has 1 aliphatic carbocycles. The van der Waals surface area contributed by atoms with Gasteiger partial charge in [0.05, 0.1) is 12.3 Å². The van der Waals surface area contributed by atoms with Crippen LogP contribution >= 0.6 is 0 Å². The number of aromatic carboxylic acids is 1. The molecule has 0 amide bonds. The predicted octanol–water partition coefficient (Wildman–Crippen LogP) is 2.96. The molecular formula is C13H14N2O3. The fourth-order valence-electron chi connectivity index (χ4n) is 2.50. The lowest BCUT2D eigenvalue weighted by molar-refractivity contribution is 0.0697. The fourth-order valence-corrected chi connectivity index (χ4v) is 2.50. The zero-order valence-corrected chi connectivity index (χ0v) is 9.87. The average Bonchev–Trinajstić information content (AvgIpc) is 3.10. The Morgan fingerprint density at radius 3 is 2.83 bits per heavy atom. The van der Waals surface area contributed by atoms with E-state index in [1.165, 1.54) is 19.1 Å². The summed E-state index contributed by atoms with van der Waals surface area (Å²) in [7, 11) is 0. The SMILES string of the molecule is O=C(O)c1cn(C2CCCC2)nc1-c1ccco1. The summed E-state index contributed by atoms with van der Waals surface area (Å²) in [4.78, 5) is 11.3. The second-order valence-corrected chi connectivity index (χ2v) is 4.59. The van der Waals surface area contributed by atoms with Crippen LogP contribution in [0.3, 0.4) is 0 Å². The molecule has 18 heavy (non-hydrogen) atoms. The van der Waals surface area contributed by atoms with E-state index >= 15 is 0 Å². The van der Waals surface area contributed by atoms with E-state index in [0.29, 0.717) is 17.5 Å². The van der Waals surface area contributed by atoms with Crippen LogP contribution in [-0.2, 0) is 0 Å². The third kappa shape index (κ3) is 1.81. The lowest BCUT2D eigenvalue weighted by atomic mass is 10.2. The van der Waals surface area contributed by atoms with Crippen LogP contribution in [0.15, 0.2) is 29.0 Å². The topological polar surface area (TPSA) is 68.3 Å². The molecule has 0 spiro atoms. The molecule has 5 heteroatoms. The molecule has 94 valence electrons. The van der Waals surface area contributed by atoms with Gasteiger partial charge in [-0.25, -0.2) is 4.79 Å². The van der Waals surface area contributed by atoms with Crippen LogP contribution in [-0.4, -0.2) is 20.9 Å². The molecule has 0 bridgehead atoms. The van der Waals surface area contributed by atoms with Crippen LogP contribution in [0.4, 0.5) is 0 Å². The molecule has 0 unspecified atom stereocenters. The summed E-state index contributed by atoms with van der Waals surface area (Å²) >= 11 is 0. The van der Waals surface area contributed by atoms with Gasteiger partial charge in [0.1, 0.15) is 11.3 Å². The Bertz CT molecular complexity index is 551. The summed E-state index contributed by atoms with van der Waals surface area (Å²) in [6.07, 6.45) is 7.65. The second-order valence-electron chi connectivity index (χ2n) is 4.59. The molecule has 0 radical (unpaired) electrons. The maximum absolute atomic E-state index is 11.3. The van der Waals surface area contributed by atoms with Gasteiger partial charge in [-0.15, -0.1) is 0 Å². The Morgan fingerprint density at radius 1 is 1.44 bits per heavy atom. The van der Waals surface area contributed by atoms with Gasteiger partial charge in [0.2, 0.25) is 0 Å². The number of furan rings is 1. The predicted molar refractivity (Wildman–Crippen MR) is 64.4 cm³/mol. The van der Waals surface area contributed by atoms with Crippen molar-refractivity contribution in [2.75, 3.05) is 0 Å². The standard InChI is InChI=1S/C13H14N2O3/c16-13(17)10-8-15(9-4-1-2-5-9)14-12(10)11-6-3-7-18-11/h3,6-9H,1-2,4-5H2,(H,16,17). The molecule has 2 aromatic rings. The molecule has 0 atom stereocenters. The zero-order chi connectivity index (χ0) is 12.5. The highest BCUT2D eigenvalue weighted by molar-refractivity contribution is 5.93. The van der Waals surface area contributed by atoms with E-state index in [1.807, 2.05) is 0 Å². The first-order chi connectivity index (χ1) is 8.75. The number of carboxylic acids is 1. The molecule has 1 aliphatic rings. The molecule has 2 aromatic heterocycles. The van der Waals surface area contributed by atoms with E-state index < -0.39 is 5.97 Å². The highest BCUT2D eigenvalue weighted by Gasteiger charge is 2.24. The lowest BCUT2D eigenvalue weighted by Crippen LogP contribution is -2.05. The summed E-state index contributed by atoms with van der Waals surface area (Å²) in [5, 5.41) is 13.6. The van der Waals surface area contributed by atoms with Crippen molar-refractivity contribution >= 4 is 5.97 Å². The van der Waals surface area contributed by atoms with E-state index in [2.05, 4.69) is 5.10 Å². The number of carbonyl (C=O) groups is 1. The zero-order valence-electron chi connectivity index (χ0n) is 9.87. The van der Waals surface area contributed by atoms with Crippen LogP contribution in [0, 0.1) is 0 Å². The summed E-state index contributed by atoms with van der Waals surface area (Å²) in [5.74, 6) is -0.463. The Morgan fingerprint density at radius 2 is 2.22 bits per heavy atom. The Balaban J connectivity index is 2.04. The molecule has 0 aliphatic heterocycles. The first-order valence-corrected chi connectivity index (χ1v) is 6.12. The minimum Gasteiger partial charge on any atom is -0.478 e. The van der Waals surface area contributed by atoms with Crippen molar-refractivity contribution < 1.29 is 14.3 Å². The number of rotatable bonds is 3. The van der Waals surface area contributed by atoms with Gasteiger partial charge in [-0.1, -0.05) is 12.8 Å². The number of carboxylic acid groups (broad SMARTS) is 1. The minimum atomic E-state index is -0.967. The van der Waals surface area contributed by atoms with Gasteiger partial charge < -0.3 is 9.52 Å². The van der Waals surface area contributed by atoms with Gasteiger partial charge in [0.15, 0.2) is 5.76 Å². The molecule has 1 saturated carbocycles. The highest BCUT2D eigenvalue weighted by atomic mass is 16.4. The van der Waals surface area contributed by atoms with E-state index in [4.69, 9.17) is 4.42 Å². The Hall–Kier alpha value is -2.04. The normalized spacial score (nSPS) is 16.2. The molecule has 3 rings (SSSR count). The number of hydrogen-bond donors (Lipinski definition) is 1. The molecular weight excluding hydrogens is 232 g/mol. The monoisotopic (exact) mass is 246 g/mol. The summed E-state index contributed by atoms with van der Waals surface area (Å²) in [5.41, 5.74) is 0.622. The number of aromatic nitrogens is 2. The van der Waals surface area contributed by atoms with Crippen molar-refractivity contribution in [3.8, 4) is 11.5 Å². The summed E-state index contributed by atoms with van der Waals surface area (Å²) < 4.78 is 7.03. The number of hydrogen-bond acceptors (Lipinski definition) is 3. The molecule has 0 aromatic carbocycles. The van der Waals surface area contributed by atoms with Crippen molar-refractivity contribution in [1.29, 1.82) is 0 Å². The molecule has 5 nitrogen and oxygen atoms in total. The largest absolute Gasteiger partial charge is 0.478 e. The summed E-state index contributed by atoms with van der Waals surface area (Å²) in [6, 6.07) is 3.79. The van der Waals surface area contributed by atoms with Crippen molar-refractivity contribution in [2.45, 2.75) is 31.7 Å². The van der Waals surface area contributed by atoms with Gasteiger partial charge in [0.25, 0.3) is 0 Å². The quantitative estimate of drug-likeness (QED) is 0.904. The Kier molecular flexibility index (Phi) is 2.66. The first kappa shape index (κ1) is 11.1. The number of nitrogens with zero attached hydrogens (tertiary/aromatic N) is 2. The van der Waals surface area contributed by atoms with Gasteiger partial charge in [-0.3, -0.25) is 4.68 Å². The van der Waals surface area contributed by atoms with Crippen molar-refractivity contribution in [3.05, 3.63) is 30.2 Å². The molecule has 1 N–H and O–H groups in total. The van der Waals surface area contributed by atoms with Crippen molar-refractivity contribution in [2.24, 2.45) is 0 Å². The third-order valence-electron chi connectivity index (χ3n) is 3.42. The lowest BCUT2D eigenvalue weighted by Gasteiger charge is -2.08.